The van der Waals surface area contributed by atoms with Gasteiger partial charge in [0.2, 0.25) is 0 Å². The van der Waals surface area contributed by atoms with Gasteiger partial charge in [0.05, 0.1) is 5.60 Å². The zero-order valence-electron chi connectivity index (χ0n) is 7.05. The first kappa shape index (κ1) is 9.01. The molecule has 2 N–H and O–H groups in total. The molecule has 1 fully saturated rings. The summed E-state index contributed by atoms with van der Waals surface area (Å²) in [6.45, 7) is 0.122. The van der Waals surface area contributed by atoms with Crippen LogP contribution in [0.4, 0.5) is 0 Å². The summed E-state index contributed by atoms with van der Waals surface area (Å²) in [5.41, 5.74) is -0.536. The van der Waals surface area contributed by atoms with E-state index < -0.39 is 5.60 Å². The van der Waals surface area contributed by atoms with Gasteiger partial charge in [0.1, 0.15) is 0 Å². The molecule has 0 spiro atoms. The molecule has 0 amide bonds. The SMILES string of the molecule is OCCC1(O)CCCCCC1. The summed E-state index contributed by atoms with van der Waals surface area (Å²) in [5, 5.41) is 18.6. The van der Waals surface area contributed by atoms with Crippen molar-refractivity contribution >= 4 is 0 Å². The zero-order chi connectivity index (χ0) is 8.16. The summed E-state index contributed by atoms with van der Waals surface area (Å²) >= 11 is 0. The molecule has 1 saturated carbocycles. The Morgan fingerprint density at radius 3 is 2.00 bits per heavy atom. The fraction of sp³-hybridized carbons (Fsp3) is 1.00. The van der Waals surface area contributed by atoms with Gasteiger partial charge >= 0.3 is 0 Å². The molecule has 1 aliphatic rings. The molecule has 0 aromatic rings. The van der Waals surface area contributed by atoms with Crippen LogP contribution in [0.1, 0.15) is 44.9 Å². The molecule has 66 valence electrons. The van der Waals surface area contributed by atoms with E-state index in [1.54, 1.807) is 0 Å². The largest absolute Gasteiger partial charge is 0.396 e. The van der Waals surface area contributed by atoms with Crippen molar-refractivity contribution in [3.8, 4) is 0 Å². The van der Waals surface area contributed by atoms with Crippen molar-refractivity contribution in [2.45, 2.75) is 50.5 Å². The van der Waals surface area contributed by atoms with Crippen molar-refractivity contribution in [2.24, 2.45) is 0 Å². The highest BCUT2D eigenvalue weighted by atomic mass is 16.3. The van der Waals surface area contributed by atoms with Crippen LogP contribution in [0.3, 0.4) is 0 Å². The van der Waals surface area contributed by atoms with Gasteiger partial charge in [-0.3, -0.25) is 0 Å². The monoisotopic (exact) mass is 158 g/mol. The Morgan fingerprint density at radius 1 is 1.00 bits per heavy atom. The minimum absolute atomic E-state index is 0.122. The third-order valence-electron chi connectivity index (χ3n) is 2.61. The Kier molecular flexibility index (Phi) is 3.34. The minimum atomic E-state index is -0.536. The fourth-order valence-electron chi connectivity index (χ4n) is 1.84. The fourth-order valence-corrected chi connectivity index (χ4v) is 1.84. The molecule has 0 saturated heterocycles. The van der Waals surface area contributed by atoms with Crippen LogP contribution >= 0.6 is 0 Å². The summed E-state index contributed by atoms with van der Waals surface area (Å²) in [4.78, 5) is 0. The third-order valence-corrected chi connectivity index (χ3v) is 2.61. The van der Waals surface area contributed by atoms with Crippen LogP contribution in [0.5, 0.6) is 0 Å². The van der Waals surface area contributed by atoms with Crippen LogP contribution in [0.2, 0.25) is 0 Å². The quantitative estimate of drug-likeness (QED) is 0.597. The standard InChI is InChI=1S/C9H18O2/c10-8-7-9(11)5-3-1-2-4-6-9/h10-11H,1-8H2. The number of hydrogen-bond donors (Lipinski definition) is 2. The van der Waals surface area contributed by atoms with Crippen molar-refractivity contribution in [2.75, 3.05) is 6.61 Å². The van der Waals surface area contributed by atoms with Gasteiger partial charge < -0.3 is 10.2 Å². The smallest absolute Gasteiger partial charge is 0.0669 e. The van der Waals surface area contributed by atoms with Crippen molar-refractivity contribution in [3.05, 3.63) is 0 Å². The van der Waals surface area contributed by atoms with Crippen molar-refractivity contribution in [1.82, 2.24) is 0 Å². The van der Waals surface area contributed by atoms with Gasteiger partial charge in [-0.15, -0.1) is 0 Å². The lowest BCUT2D eigenvalue weighted by atomic mass is 9.91. The van der Waals surface area contributed by atoms with Crippen LogP contribution in [0.25, 0.3) is 0 Å². The first-order chi connectivity index (χ1) is 5.27. The summed E-state index contributed by atoms with van der Waals surface area (Å²) in [6.07, 6.45) is 7.06. The van der Waals surface area contributed by atoms with Crippen molar-refractivity contribution < 1.29 is 10.2 Å². The van der Waals surface area contributed by atoms with Gasteiger partial charge in [-0.25, -0.2) is 0 Å². The van der Waals surface area contributed by atoms with Crippen molar-refractivity contribution in [3.63, 3.8) is 0 Å². The van der Waals surface area contributed by atoms with Crippen LogP contribution in [-0.2, 0) is 0 Å². The number of hydrogen-bond acceptors (Lipinski definition) is 2. The Bertz CT molecular complexity index is 104. The number of aliphatic hydroxyl groups is 2. The lowest BCUT2D eigenvalue weighted by Gasteiger charge is -2.25. The van der Waals surface area contributed by atoms with E-state index in [2.05, 4.69) is 0 Å². The predicted molar refractivity (Wildman–Crippen MR) is 44.4 cm³/mol. The molecule has 0 aromatic heterocycles. The van der Waals surface area contributed by atoms with Crippen LogP contribution in [-0.4, -0.2) is 22.4 Å². The van der Waals surface area contributed by atoms with E-state index in [0.717, 1.165) is 25.7 Å². The second kappa shape index (κ2) is 4.07. The molecule has 0 aromatic carbocycles. The van der Waals surface area contributed by atoms with Gasteiger partial charge in [-0.05, 0) is 19.3 Å². The Balaban J connectivity index is 2.38. The molecule has 0 unspecified atom stereocenters. The van der Waals surface area contributed by atoms with E-state index in [0.29, 0.717) is 6.42 Å². The second-order valence-corrected chi connectivity index (χ2v) is 3.61. The maximum absolute atomic E-state index is 9.89. The Morgan fingerprint density at radius 2 is 1.55 bits per heavy atom. The van der Waals surface area contributed by atoms with Crippen LogP contribution < -0.4 is 0 Å². The molecule has 0 atom stereocenters. The van der Waals surface area contributed by atoms with Crippen LogP contribution in [0, 0.1) is 0 Å². The maximum Gasteiger partial charge on any atom is 0.0669 e. The molecule has 2 heteroatoms. The molecule has 2 nitrogen and oxygen atoms in total. The highest BCUT2D eigenvalue weighted by Crippen LogP contribution is 2.29. The normalized spacial score (nSPS) is 24.5. The predicted octanol–water partition coefficient (Wildman–Crippen LogP) is 1.45. The molecule has 0 heterocycles. The topological polar surface area (TPSA) is 40.5 Å². The molecular formula is C9H18O2. The van der Waals surface area contributed by atoms with Gasteiger partial charge in [-0.2, -0.15) is 0 Å². The molecule has 1 aliphatic carbocycles. The van der Waals surface area contributed by atoms with E-state index in [1.807, 2.05) is 0 Å². The zero-order valence-corrected chi connectivity index (χ0v) is 7.05. The van der Waals surface area contributed by atoms with E-state index in [1.165, 1.54) is 12.8 Å². The molecule has 0 bridgehead atoms. The summed E-state index contributed by atoms with van der Waals surface area (Å²) < 4.78 is 0. The van der Waals surface area contributed by atoms with Crippen LogP contribution in [0.15, 0.2) is 0 Å². The summed E-state index contributed by atoms with van der Waals surface area (Å²) in [6, 6.07) is 0. The molecule has 0 radical (unpaired) electrons. The maximum atomic E-state index is 9.89. The Labute approximate surface area is 68.2 Å². The van der Waals surface area contributed by atoms with E-state index in [9.17, 15) is 5.11 Å². The van der Waals surface area contributed by atoms with Crippen molar-refractivity contribution in [1.29, 1.82) is 0 Å². The van der Waals surface area contributed by atoms with Gasteiger partial charge in [0.25, 0.3) is 0 Å². The van der Waals surface area contributed by atoms with Gasteiger partial charge in [0, 0.05) is 6.61 Å². The molecule has 11 heavy (non-hydrogen) atoms. The number of aliphatic hydroxyl groups excluding tert-OH is 1. The van der Waals surface area contributed by atoms with E-state index in [-0.39, 0.29) is 6.61 Å². The second-order valence-electron chi connectivity index (χ2n) is 3.61. The van der Waals surface area contributed by atoms with Gasteiger partial charge in [0.15, 0.2) is 0 Å². The minimum Gasteiger partial charge on any atom is -0.396 e. The first-order valence-electron chi connectivity index (χ1n) is 4.60. The Hall–Kier alpha value is -0.0800. The highest BCUT2D eigenvalue weighted by molar-refractivity contribution is 4.80. The van der Waals surface area contributed by atoms with Gasteiger partial charge in [-0.1, -0.05) is 25.7 Å². The average molecular weight is 158 g/mol. The third kappa shape index (κ3) is 2.80. The average Bonchev–Trinajstić information content (AvgIpc) is 2.15. The lowest BCUT2D eigenvalue weighted by molar-refractivity contribution is 0.00221. The summed E-state index contributed by atoms with van der Waals surface area (Å²) in [5.74, 6) is 0. The van der Waals surface area contributed by atoms with E-state index in [4.69, 9.17) is 5.11 Å². The first-order valence-corrected chi connectivity index (χ1v) is 4.60. The number of rotatable bonds is 2. The molecular weight excluding hydrogens is 140 g/mol. The molecule has 1 rings (SSSR count). The summed E-state index contributed by atoms with van der Waals surface area (Å²) in [7, 11) is 0. The van der Waals surface area contributed by atoms with E-state index >= 15 is 0 Å². The molecule has 0 aliphatic heterocycles. The lowest BCUT2D eigenvalue weighted by Crippen LogP contribution is -2.28. The highest BCUT2D eigenvalue weighted by Gasteiger charge is 2.26.